The topological polar surface area (TPSA) is 119 Å². The zero-order chi connectivity index (χ0) is 19.3. The van der Waals surface area contributed by atoms with Crippen molar-refractivity contribution in [2.75, 3.05) is 6.54 Å². The van der Waals surface area contributed by atoms with Crippen LogP contribution < -0.4 is 5.32 Å². The maximum Gasteiger partial charge on any atom is 0.335 e. The Balaban J connectivity index is 1.92. The molecule has 2 rings (SSSR count). The smallest absolute Gasteiger partial charge is 0.335 e. The third kappa shape index (κ3) is 5.49. The SMILES string of the molecule is CC(C)CCNCc1ccc(CC2OC(C(=O)O)C(O)C(O)C2O)cc1. The average Bonchev–Trinajstić information content (AvgIpc) is 2.60. The minimum atomic E-state index is -1.65. The number of aliphatic hydroxyl groups excluding tert-OH is 3. The summed E-state index contributed by atoms with van der Waals surface area (Å²) in [6, 6.07) is 7.71. The fraction of sp³-hybridized carbons (Fsp3) is 0.632. The molecule has 0 saturated carbocycles. The van der Waals surface area contributed by atoms with E-state index < -0.39 is 36.5 Å². The highest BCUT2D eigenvalue weighted by molar-refractivity contribution is 5.73. The summed E-state index contributed by atoms with van der Waals surface area (Å²) < 4.78 is 5.31. The lowest BCUT2D eigenvalue weighted by atomic mass is 9.91. The quantitative estimate of drug-likeness (QED) is 0.419. The molecule has 5 unspecified atom stereocenters. The molecule has 1 aromatic carbocycles. The number of hydrogen-bond acceptors (Lipinski definition) is 6. The third-order valence-electron chi connectivity index (χ3n) is 4.64. The van der Waals surface area contributed by atoms with Gasteiger partial charge in [-0.25, -0.2) is 4.79 Å². The lowest BCUT2D eigenvalue weighted by molar-refractivity contribution is -0.227. The van der Waals surface area contributed by atoms with Crippen LogP contribution in [-0.2, 0) is 22.5 Å². The van der Waals surface area contributed by atoms with E-state index in [0.717, 1.165) is 30.6 Å². The number of carbonyl (C=O) groups is 1. The van der Waals surface area contributed by atoms with Crippen LogP contribution in [0, 0.1) is 5.92 Å². The van der Waals surface area contributed by atoms with Crippen molar-refractivity contribution in [1.82, 2.24) is 5.32 Å². The van der Waals surface area contributed by atoms with Gasteiger partial charge >= 0.3 is 5.97 Å². The first kappa shape index (κ1) is 20.8. The van der Waals surface area contributed by atoms with Crippen LogP contribution in [0.1, 0.15) is 31.4 Å². The van der Waals surface area contributed by atoms with Gasteiger partial charge in [-0.3, -0.25) is 0 Å². The highest BCUT2D eigenvalue weighted by atomic mass is 16.6. The van der Waals surface area contributed by atoms with Gasteiger partial charge in [-0.1, -0.05) is 38.1 Å². The first-order valence-corrected chi connectivity index (χ1v) is 9.00. The zero-order valence-electron chi connectivity index (χ0n) is 15.2. The van der Waals surface area contributed by atoms with Crippen LogP contribution in [0.2, 0.25) is 0 Å². The Morgan fingerprint density at radius 2 is 1.69 bits per heavy atom. The number of benzene rings is 1. The fourth-order valence-electron chi connectivity index (χ4n) is 2.97. The molecule has 7 heteroatoms. The molecular formula is C19H29NO6. The van der Waals surface area contributed by atoms with E-state index in [4.69, 9.17) is 9.84 Å². The molecule has 26 heavy (non-hydrogen) atoms. The van der Waals surface area contributed by atoms with Gasteiger partial charge in [0.25, 0.3) is 0 Å². The Labute approximate surface area is 153 Å². The molecule has 1 fully saturated rings. The first-order valence-electron chi connectivity index (χ1n) is 9.00. The Morgan fingerprint density at radius 1 is 1.08 bits per heavy atom. The minimum Gasteiger partial charge on any atom is -0.479 e. The molecule has 1 saturated heterocycles. The van der Waals surface area contributed by atoms with Crippen molar-refractivity contribution in [1.29, 1.82) is 0 Å². The number of ether oxygens (including phenoxy) is 1. The summed E-state index contributed by atoms with van der Waals surface area (Å²) in [4.78, 5) is 11.1. The summed E-state index contributed by atoms with van der Waals surface area (Å²) in [7, 11) is 0. The van der Waals surface area contributed by atoms with Gasteiger partial charge in [0.1, 0.15) is 18.3 Å². The summed E-state index contributed by atoms with van der Waals surface area (Å²) in [5.74, 6) is -0.702. The van der Waals surface area contributed by atoms with Gasteiger partial charge in [0.15, 0.2) is 6.10 Å². The highest BCUT2D eigenvalue weighted by Gasteiger charge is 2.46. The van der Waals surface area contributed by atoms with E-state index in [1.807, 2.05) is 24.3 Å². The molecule has 7 nitrogen and oxygen atoms in total. The van der Waals surface area contributed by atoms with Crippen molar-refractivity contribution in [2.24, 2.45) is 5.92 Å². The van der Waals surface area contributed by atoms with Gasteiger partial charge in [0, 0.05) is 13.0 Å². The van der Waals surface area contributed by atoms with Crippen molar-refractivity contribution < 1.29 is 30.0 Å². The molecule has 1 aliphatic rings. The van der Waals surface area contributed by atoms with E-state index >= 15 is 0 Å². The van der Waals surface area contributed by atoms with Crippen LogP contribution in [0.15, 0.2) is 24.3 Å². The third-order valence-corrected chi connectivity index (χ3v) is 4.64. The summed E-state index contributed by atoms with van der Waals surface area (Å²) >= 11 is 0. The molecule has 1 aliphatic heterocycles. The maximum atomic E-state index is 11.1. The van der Waals surface area contributed by atoms with Crippen molar-refractivity contribution >= 4 is 5.97 Å². The average molecular weight is 367 g/mol. The van der Waals surface area contributed by atoms with E-state index in [2.05, 4.69) is 19.2 Å². The lowest BCUT2D eigenvalue weighted by Gasteiger charge is -2.39. The Bertz CT molecular complexity index is 576. The Hall–Kier alpha value is -1.51. The zero-order valence-corrected chi connectivity index (χ0v) is 15.2. The van der Waals surface area contributed by atoms with E-state index in [1.54, 1.807) is 0 Å². The van der Waals surface area contributed by atoms with E-state index in [1.165, 1.54) is 0 Å². The monoisotopic (exact) mass is 367 g/mol. The molecule has 5 atom stereocenters. The summed E-state index contributed by atoms with van der Waals surface area (Å²) in [5.41, 5.74) is 1.98. The van der Waals surface area contributed by atoms with Gasteiger partial charge in [-0.2, -0.15) is 0 Å². The van der Waals surface area contributed by atoms with Crippen LogP contribution in [-0.4, -0.2) is 63.5 Å². The van der Waals surface area contributed by atoms with Crippen molar-refractivity contribution in [3.63, 3.8) is 0 Å². The number of aliphatic carboxylic acids is 1. The largest absolute Gasteiger partial charge is 0.479 e. The lowest BCUT2D eigenvalue weighted by Crippen LogP contribution is -2.60. The first-order chi connectivity index (χ1) is 12.3. The van der Waals surface area contributed by atoms with Crippen molar-refractivity contribution in [2.45, 2.75) is 63.8 Å². The highest BCUT2D eigenvalue weighted by Crippen LogP contribution is 2.24. The Kier molecular flexibility index (Phi) is 7.55. The molecule has 146 valence electrons. The molecule has 0 bridgehead atoms. The number of rotatable bonds is 8. The van der Waals surface area contributed by atoms with Crippen molar-refractivity contribution in [3.05, 3.63) is 35.4 Å². The summed E-state index contributed by atoms with van der Waals surface area (Å²) in [6.45, 7) is 6.09. The van der Waals surface area contributed by atoms with Gasteiger partial charge in [0.2, 0.25) is 0 Å². The van der Waals surface area contributed by atoms with Crippen LogP contribution >= 0.6 is 0 Å². The number of carboxylic acid groups (broad SMARTS) is 1. The molecule has 0 aliphatic carbocycles. The van der Waals surface area contributed by atoms with Gasteiger partial charge in [0.05, 0.1) is 6.10 Å². The van der Waals surface area contributed by atoms with Crippen LogP contribution in [0.4, 0.5) is 0 Å². The molecule has 0 amide bonds. The van der Waals surface area contributed by atoms with Gasteiger partial charge in [-0.15, -0.1) is 0 Å². The number of hydrogen-bond donors (Lipinski definition) is 5. The molecular weight excluding hydrogens is 338 g/mol. The molecule has 1 heterocycles. The second-order valence-electron chi connectivity index (χ2n) is 7.29. The predicted octanol–water partition coefficient (Wildman–Crippen LogP) is 0.300. The second-order valence-corrected chi connectivity index (χ2v) is 7.29. The minimum absolute atomic E-state index is 0.246. The maximum absolute atomic E-state index is 11.1. The van der Waals surface area contributed by atoms with Crippen molar-refractivity contribution in [3.8, 4) is 0 Å². The molecule has 5 N–H and O–H groups in total. The number of nitrogens with one attached hydrogen (secondary N) is 1. The second kappa shape index (κ2) is 9.43. The fourth-order valence-corrected chi connectivity index (χ4v) is 2.97. The van der Waals surface area contributed by atoms with Crippen LogP contribution in [0.5, 0.6) is 0 Å². The normalized spacial score (nSPS) is 29.1. The molecule has 1 aromatic rings. The van der Waals surface area contributed by atoms with Gasteiger partial charge in [-0.05, 0) is 30.0 Å². The van der Waals surface area contributed by atoms with E-state index in [-0.39, 0.29) is 6.42 Å². The summed E-state index contributed by atoms with van der Waals surface area (Å²) in [6.07, 6.45) is -5.65. The van der Waals surface area contributed by atoms with Gasteiger partial charge < -0.3 is 30.5 Å². The molecule has 0 aromatic heterocycles. The molecule has 0 radical (unpaired) electrons. The van der Waals surface area contributed by atoms with E-state index in [0.29, 0.717) is 5.92 Å². The Morgan fingerprint density at radius 3 is 2.27 bits per heavy atom. The number of carboxylic acids is 1. The van der Waals surface area contributed by atoms with E-state index in [9.17, 15) is 20.1 Å². The predicted molar refractivity (Wildman–Crippen MR) is 95.6 cm³/mol. The molecule has 0 spiro atoms. The van der Waals surface area contributed by atoms with Crippen LogP contribution in [0.3, 0.4) is 0 Å². The standard InChI is InChI=1S/C19H29NO6/c1-11(2)7-8-20-10-13-5-3-12(4-6-13)9-14-15(21)16(22)17(23)18(26-14)19(24)25/h3-6,11,14-18,20-23H,7-10H2,1-2H3,(H,24,25). The summed E-state index contributed by atoms with van der Waals surface area (Å²) in [5, 5.41) is 42.1. The number of aliphatic hydroxyl groups is 3. The van der Waals surface area contributed by atoms with Crippen LogP contribution in [0.25, 0.3) is 0 Å².